The second-order valence-corrected chi connectivity index (χ2v) is 3.56. The molecule has 18 heavy (non-hydrogen) atoms. The van der Waals surface area contributed by atoms with Crippen molar-refractivity contribution in [2.24, 2.45) is 0 Å². The van der Waals surface area contributed by atoms with Gasteiger partial charge in [0, 0.05) is 12.0 Å². The molecular weight excluding hydrogens is 246 g/mol. The molecule has 0 heterocycles. The van der Waals surface area contributed by atoms with Gasteiger partial charge in [0.05, 0.1) is 12.7 Å². The van der Waals surface area contributed by atoms with Crippen LogP contribution in [0, 0.1) is 0 Å². The van der Waals surface area contributed by atoms with E-state index >= 15 is 0 Å². The lowest BCUT2D eigenvalue weighted by Gasteiger charge is -2.10. The number of carbonyl (C=O) groups is 2. The molecule has 1 aromatic carbocycles. The Bertz CT molecular complexity index is 457. The molecule has 1 N–H and O–H groups in total. The van der Waals surface area contributed by atoms with E-state index in [9.17, 15) is 18.4 Å². The Labute approximate surface area is 102 Å². The molecule has 0 saturated heterocycles. The van der Waals surface area contributed by atoms with Crippen LogP contribution >= 0.6 is 0 Å². The molecule has 4 nitrogen and oxygen atoms in total. The summed E-state index contributed by atoms with van der Waals surface area (Å²) in [5.74, 6) is -1.94. The van der Waals surface area contributed by atoms with E-state index < -0.39 is 29.5 Å². The van der Waals surface area contributed by atoms with Crippen LogP contribution in [0.25, 0.3) is 0 Å². The van der Waals surface area contributed by atoms with E-state index in [4.69, 9.17) is 5.11 Å². The van der Waals surface area contributed by atoms with E-state index in [1.54, 1.807) is 0 Å². The summed E-state index contributed by atoms with van der Waals surface area (Å²) in [6.45, 7) is 0. The number of benzene rings is 1. The Hall–Kier alpha value is -1.98. The summed E-state index contributed by atoms with van der Waals surface area (Å²) in [6, 6.07) is 3.83. The lowest BCUT2D eigenvalue weighted by molar-refractivity contribution is -0.140. The lowest BCUT2D eigenvalue weighted by Crippen LogP contribution is -2.10. The molecule has 0 bridgehead atoms. The van der Waals surface area contributed by atoms with Gasteiger partial charge >= 0.3 is 11.9 Å². The van der Waals surface area contributed by atoms with Gasteiger partial charge in [-0.05, 0) is 12.0 Å². The van der Waals surface area contributed by atoms with Crippen molar-refractivity contribution in [1.29, 1.82) is 0 Å². The van der Waals surface area contributed by atoms with Gasteiger partial charge in [-0.1, -0.05) is 18.2 Å². The summed E-state index contributed by atoms with van der Waals surface area (Å²) in [5.41, 5.74) is -0.771. The number of halogens is 2. The number of carbonyl (C=O) groups excluding carboxylic acids is 1. The molecule has 0 spiro atoms. The van der Waals surface area contributed by atoms with Gasteiger partial charge in [-0.15, -0.1) is 0 Å². The number of hydrogen-bond donors (Lipinski definition) is 1. The molecule has 0 saturated carbocycles. The van der Waals surface area contributed by atoms with Crippen molar-refractivity contribution >= 4 is 11.9 Å². The normalized spacial score (nSPS) is 10.4. The number of hydrogen-bond acceptors (Lipinski definition) is 3. The van der Waals surface area contributed by atoms with E-state index in [-0.39, 0.29) is 18.4 Å². The van der Waals surface area contributed by atoms with Gasteiger partial charge in [0.1, 0.15) is 0 Å². The van der Waals surface area contributed by atoms with E-state index in [2.05, 4.69) is 4.74 Å². The first-order chi connectivity index (χ1) is 8.47. The summed E-state index contributed by atoms with van der Waals surface area (Å²) in [4.78, 5) is 22.0. The fourth-order valence-corrected chi connectivity index (χ4v) is 1.61. The molecule has 0 aliphatic rings. The summed E-state index contributed by atoms with van der Waals surface area (Å²) >= 11 is 0. The maximum absolute atomic E-state index is 12.7. The third kappa shape index (κ3) is 3.26. The predicted molar refractivity (Wildman–Crippen MR) is 58.7 cm³/mol. The van der Waals surface area contributed by atoms with E-state index in [0.717, 1.165) is 6.07 Å². The molecule has 0 radical (unpaired) electrons. The van der Waals surface area contributed by atoms with Crippen molar-refractivity contribution in [2.45, 2.75) is 19.3 Å². The Morgan fingerprint density at radius 1 is 1.39 bits per heavy atom. The third-order valence-corrected chi connectivity index (χ3v) is 2.46. The van der Waals surface area contributed by atoms with Crippen LogP contribution in [-0.2, 0) is 16.0 Å². The number of esters is 1. The van der Waals surface area contributed by atoms with E-state index in [0.29, 0.717) is 0 Å². The number of carboxylic acids is 1. The fraction of sp³-hybridized carbons (Fsp3) is 0.333. The van der Waals surface area contributed by atoms with Gasteiger partial charge in [-0.2, -0.15) is 0 Å². The molecule has 0 aliphatic heterocycles. The minimum absolute atomic E-state index is 0.0505. The summed E-state index contributed by atoms with van der Waals surface area (Å²) in [6.07, 6.45) is -2.87. The number of aryl methyl sites for hydroxylation is 1. The molecule has 98 valence electrons. The Kier molecular flexibility index (Phi) is 4.76. The summed E-state index contributed by atoms with van der Waals surface area (Å²) in [7, 11) is 1.20. The first-order valence-corrected chi connectivity index (χ1v) is 5.17. The first kappa shape index (κ1) is 14.1. The number of rotatable bonds is 5. The Balaban J connectivity index is 3.07. The van der Waals surface area contributed by atoms with Gasteiger partial charge < -0.3 is 9.84 Å². The quantitative estimate of drug-likeness (QED) is 0.824. The maximum Gasteiger partial charge on any atom is 0.336 e. The SMILES string of the molecule is COC(=O)CCc1cccc(C(F)F)c1C(=O)O. The molecule has 0 fully saturated rings. The molecular formula is C12H12F2O4. The second-order valence-electron chi connectivity index (χ2n) is 3.56. The third-order valence-electron chi connectivity index (χ3n) is 2.46. The van der Waals surface area contributed by atoms with Crippen molar-refractivity contribution in [1.82, 2.24) is 0 Å². The van der Waals surface area contributed by atoms with Crippen LogP contribution in [0.4, 0.5) is 8.78 Å². The molecule has 0 atom stereocenters. The van der Waals surface area contributed by atoms with Crippen molar-refractivity contribution in [3.8, 4) is 0 Å². The van der Waals surface area contributed by atoms with Crippen molar-refractivity contribution < 1.29 is 28.2 Å². The second kappa shape index (κ2) is 6.09. The number of ether oxygens (including phenoxy) is 1. The van der Waals surface area contributed by atoms with Crippen molar-refractivity contribution in [3.05, 3.63) is 34.9 Å². The van der Waals surface area contributed by atoms with Crippen LogP contribution in [0.15, 0.2) is 18.2 Å². The summed E-state index contributed by atoms with van der Waals surface area (Å²) < 4.78 is 29.8. The molecule has 0 amide bonds. The number of aromatic carboxylic acids is 1. The fourth-order valence-electron chi connectivity index (χ4n) is 1.61. The zero-order valence-electron chi connectivity index (χ0n) is 9.65. The van der Waals surface area contributed by atoms with Crippen LogP contribution in [0.1, 0.15) is 34.3 Å². The van der Waals surface area contributed by atoms with Crippen LogP contribution < -0.4 is 0 Å². The maximum atomic E-state index is 12.7. The highest BCUT2D eigenvalue weighted by atomic mass is 19.3. The average Bonchev–Trinajstić information content (AvgIpc) is 2.34. The monoisotopic (exact) mass is 258 g/mol. The predicted octanol–water partition coefficient (Wildman–Crippen LogP) is 2.43. The zero-order valence-corrected chi connectivity index (χ0v) is 9.65. The molecule has 0 aliphatic carbocycles. The summed E-state index contributed by atoms with van der Waals surface area (Å²) in [5, 5.41) is 8.97. The van der Waals surface area contributed by atoms with Gasteiger partial charge in [-0.25, -0.2) is 13.6 Å². The van der Waals surface area contributed by atoms with Gasteiger partial charge in [-0.3, -0.25) is 4.79 Å². The minimum Gasteiger partial charge on any atom is -0.478 e. The van der Waals surface area contributed by atoms with Gasteiger partial charge in [0.25, 0.3) is 6.43 Å². The molecule has 0 aromatic heterocycles. The average molecular weight is 258 g/mol. The lowest BCUT2D eigenvalue weighted by atomic mass is 9.98. The smallest absolute Gasteiger partial charge is 0.336 e. The van der Waals surface area contributed by atoms with Crippen LogP contribution in [0.5, 0.6) is 0 Å². The zero-order chi connectivity index (χ0) is 13.7. The van der Waals surface area contributed by atoms with E-state index in [1.165, 1.54) is 19.2 Å². The highest BCUT2D eigenvalue weighted by Crippen LogP contribution is 2.26. The molecule has 6 heteroatoms. The highest BCUT2D eigenvalue weighted by molar-refractivity contribution is 5.91. The minimum atomic E-state index is -2.87. The van der Waals surface area contributed by atoms with E-state index in [1.807, 2.05) is 0 Å². The largest absolute Gasteiger partial charge is 0.478 e. The van der Waals surface area contributed by atoms with Crippen LogP contribution in [-0.4, -0.2) is 24.2 Å². The van der Waals surface area contributed by atoms with Gasteiger partial charge in [0.15, 0.2) is 0 Å². The van der Waals surface area contributed by atoms with Crippen LogP contribution in [0.3, 0.4) is 0 Å². The molecule has 1 rings (SSSR count). The van der Waals surface area contributed by atoms with Crippen molar-refractivity contribution in [2.75, 3.05) is 7.11 Å². The molecule has 0 unspecified atom stereocenters. The topological polar surface area (TPSA) is 63.6 Å². The standard InChI is InChI=1S/C12H12F2O4/c1-18-9(15)6-5-7-3-2-4-8(11(13)14)10(7)12(16)17/h2-4,11H,5-6H2,1H3,(H,16,17). The number of methoxy groups -OCH3 is 1. The van der Waals surface area contributed by atoms with Crippen molar-refractivity contribution in [3.63, 3.8) is 0 Å². The Morgan fingerprint density at radius 2 is 2.06 bits per heavy atom. The Morgan fingerprint density at radius 3 is 2.56 bits per heavy atom. The highest BCUT2D eigenvalue weighted by Gasteiger charge is 2.21. The van der Waals surface area contributed by atoms with Gasteiger partial charge in [0.2, 0.25) is 0 Å². The number of carboxylic acid groups (broad SMARTS) is 1. The first-order valence-electron chi connectivity index (χ1n) is 5.17. The van der Waals surface area contributed by atoms with Crippen LogP contribution in [0.2, 0.25) is 0 Å². The number of alkyl halides is 2. The molecule has 1 aromatic rings.